The summed E-state index contributed by atoms with van der Waals surface area (Å²) in [5.74, 6) is -1.12. The maximum Gasteiger partial charge on any atom is 0.342 e. The largest absolute Gasteiger partial charge is 0.342 e. The molecular formula is C2H8NO3PS. The van der Waals surface area contributed by atoms with E-state index in [1.54, 1.807) is 0 Å². The molecule has 0 fully saturated rings. The normalized spacial score (nSPS) is 16.0. The van der Waals surface area contributed by atoms with Crippen molar-refractivity contribution < 1.29 is 14.4 Å². The highest BCUT2D eigenvalue weighted by Crippen LogP contribution is 2.38. The molecule has 0 aliphatic heterocycles. The SMILES string of the molecule is NC(CS)P(=O)(O)O. The Morgan fingerprint density at radius 3 is 2.12 bits per heavy atom. The van der Waals surface area contributed by atoms with Crippen LogP contribution in [0.15, 0.2) is 0 Å². The number of hydrogen-bond acceptors (Lipinski definition) is 3. The van der Waals surface area contributed by atoms with Crippen LogP contribution >= 0.6 is 20.2 Å². The van der Waals surface area contributed by atoms with Gasteiger partial charge in [0.05, 0.1) is 0 Å². The van der Waals surface area contributed by atoms with Crippen LogP contribution in [0.2, 0.25) is 0 Å². The molecule has 6 heteroatoms. The smallest absolute Gasteiger partial charge is 0.323 e. The van der Waals surface area contributed by atoms with Gasteiger partial charge in [-0.25, -0.2) is 0 Å². The predicted octanol–water partition coefficient (Wildman–Crippen LogP) is -0.621. The van der Waals surface area contributed by atoms with E-state index in [0.717, 1.165) is 0 Å². The van der Waals surface area contributed by atoms with E-state index in [-0.39, 0.29) is 5.75 Å². The van der Waals surface area contributed by atoms with Crippen molar-refractivity contribution in [2.24, 2.45) is 5.73 Å². The zero-order chi connectivity index (χ0) is 6.78. The van der Waals surface area contributed by atoms with Crippen LogP contribution in [0, 0.1) is 0 Å². The van der Waals surface area contributed by atoms with Gasteiger partial charge in [0, 0.05) is 5.75 Å². The van der Waals surface area contributed by atoms with Crippen LogP contribution in [-0.2, 0) is 4.57 Å². The van der Waals surface area contributed by atoms with E-state index in [0.29, 0.717) is 0 Å². The van der Waals surface area contributed by atoms with Gasteiger partial charge in [0.1, 0.15) is 5.78 Å². The monoisotopic (exact) mass is 157 g/mol. The summed E-state index contributed by atoms with van der Waals surface area (Å²) in [7, 11) is -4.06. The van der Waals surface area contributed by atoms with Crippen molar-refractivity contribution in [3.05, 3.63) is 0 Å². The molecule has 0 aromatic heterocycles. The van der Waals surface area contributed by atoms with Gasteiger partial charge in [0.15, 0.2) is 0 Å². The van der Waals surface area contributed by atoms with Crippen LogP contribution in [-0.4, -0.2) is 21.3 Å². The third-order valence-corrected chi connectivity index (χ3v) is 2.35. The molecule has 0 aliphatic carbocycles. The maximum atomic E-state index is 10.1. The van der Waals surface area contributed by atoms with Crippen molar-refractivity contribution in [2.75, 3.05) is 5.75 Å². The molecule has 50 valence electrons. The van der Waals surface area contributed by atoms with Gasteiger partial charge in [-0.1, -0.05) is 0 Å². The highest BCUT2D eigenvalue weighted by atomic mass is 32.1. The first-order valence-electron chi connectivity index (χ1n) is 1.90. The fraction of sp³-hybridized carbons (Fsp3) is 1.00. The van der Waals surface area contributed by atoms with Crippen molar-refractivity contribution in [3.8, 4) is 0 Å². The van der Waals surface area contributed by atoms with Crippen molar-refractivity contribution >= 4 is 20.2 Å². The molecule has 0 heterocycles. The number of thiol groups is 1. The van der Waals surface area contributed by atoms with Gasteiger partial charge in [0.25, 0.3) is 0 Å². The molecular weight excluding hydrogens is 149 g/mol. The highest BCUT2D eigenvalue weighted by molar-refractivity contribution is 7.80. The second-order valence-corrected chi connectivity index (χ2v) is 3.55. The molecule has 0 aliphatic rings. The lowest BCUT2D eigenvalue weighted by molar-refractivity contribution is 0.362. The highest BCUT2D eigenvalue weighted by Gasteiger charge is 2.22. The molecule has 0 amide bonds. The Balaban J connectivity index is 3.82. The summed E-state index contributed by atoms with van der Waals surface area (Å²) in [4.78, 5) is 16.4. The third kappa shape index (κ3) is 2.69. The summed E-state index contributed by atoms with van der Waals surface area (Å²) >= 11 is 3.59. The van der Waals surface area contributed by atoms with Crippen molar-refractivity contribution in [2.45, 2.75) is 5.78 Å². The number of hydrogen-bond donors (Lipinski definition) is 4. The lowest BCUT2D eigenvalue weighted by atomic mass is 10.8. The zero-order valence-electron chi connectivity index (χ0n) is 4.06. The molecule has 8 heavy (non-hydrogen) atoms. The van der Waals surface area contributed by atoms with Gasteiger partial charge in [-0.3, -0.25) is 4.57 Å². The molecule has 0 spiro atoms. The Morgan fingerprint density at radius 2 is 2.12 bits per heavy atom. The number of rotatable bonds is 2. The van der Waals surface area contributed by atoms with Crippen LogP contribution in [0.5, 0.6) is 0 Å². The third-order valence-electron chi connectivity index (χ3n) is 0.619. The van der Waals surface area contributed by atoms with Gasteiger partial charge in [-0.2, -0.15) is 12.6 Å². The first-order chi connectivity index (χ1) is 3.48. The number of nitrogens with two attached hydrogens (primary N) is 1. The van der Waals surface area contributed by atoms with E-state index in [4.69, 9.17) is 15.5 Å². The van der Waals surface area contributed by atoms with Gasteiger partial charge in [0.2, 0.25) is 0 Å². The Morgan fingerprint density at radius 1 is 1.75 bits per heavy atom. The Labute approximate surface area is 52.7 Å². The Kier molecular flexibility index (Phi) is 3.01. The Hall–Kier alpha value is 0.460. The van der Waals surface area contributed by atoms with Gasteiger partial charge >= 0.3 is 7.60 Å². The molecule has 0 rings (SSSR count). The lowest BCUT2D eigenvalue weighted by Crippen LogP contribution is -2.21. The standard InChI is InChI=1S/C2H8NO3PS/c3-2(1-8)7(4,5)6/h2,8H,1,3H2,(H2,4,5,6). The predicted molar refractivity (Wildman–Crippen MR) is 33.9 cm³/mol. The van der Waals surface area contributed by atoms with Crippen LogP contribution in [0.4, 0.5) is 0 Å². The molecule has 0 bridgehead atoms. The van der Waals surface area contributed by atoms with Crippen molar-refractivity contribution in [1.29, 1.82) is 0 Å². The minimum absolute atomic E-state index is 0.00424. The fourth-order valence-corrected chi connectivity index (χ4v) is 0.957. The van der Waals surface area contributed by atoms with Crippen LogP contribution in [0.3, 0.4) is 0 Å². The van der Waals surface area contributed by atoms with E-state index < -0.39 is 13.4 Å². The quantitative estimate of drug-likeness (QED) is 0.318. The van der Waals surface area contributed by atoms with E-state index >= 15 is 0 Å². The molecule has 0 saturated carbocycles. The van der Waals surface area contributed by atoms with Crippen molar-refractivity contribution in [3.63, 3.8) is 0 Å². The first-order valence-corrected chi connectivity index (χ1v) is 4.21. The second-order valence-electron chi connectivity index (χ2n) is 1.34. The first kappa shape index (κ1) is 8.46. The molecule has 0 aromatic carbocycles. The average Bonchev–Trinajstić information content (AvgIpc) is 1.62. The summed E-state index contributed by atoms with van der Waals surface area (Å²) in [6, 6.07) is 0. The molecule has 4 nitrogen and oxygen atoms in total. The molecule has 1 unspecified atom stereocenters. The minimum Gasteiger partial charge on any atom is -0.323 e. The van der Waals surface area contributed by atoms with E-state index in [1.807, 2.05) is 0 Å². The summed E-state index contributed by atoms with van der Waals surface area (Å²) in [6.45, 7) is 0. The van der Waals surface area contributed by atoms with E-state index in [9.17, 15) is 4.57 Å². The minimum atomic E-state index is -4.06. The zero-order valence-corrected chi connectivity index (χ0v) is 5.85. The molecule has 0 aromatic rings. The van der Waals surface area contributed by atoms with Crippen LogP contribution in [0.1, 0.15) is 0 Å². The summed E-state index contributed by atoms with van der Waals surface area (Å²) in [5.41, 5.74) is 4.91. The molecule has 0 saturated heterocycles. The second kappa shape index (κ2) is 2.85. The van der Waals surface area contributed by atoms with E-state index in [2.05, 4.69) is 12.6 Å². The summed E-state index contributed by atoms with van der Waals surface area (Å²) in [5, 5.41) is 0. The van der Waals surface area contributed by atoms with Crippen LogP contribution in [0.25, 0.3) is 0 Å². The molecule has 1 atom stereocenters. The van der Waals surface area contributed by atoms with Gasteiger partial charge in [-0.15, -0.1) is 0 Å². The van der Waals surface area contributed by atoms with Gasteiger partial charge in [-0.05, 0) is 0 Å². The average molecular weight is 157 g/mol. The van der Waals surface area contributed by atoms with Crippen molar-refractivity contribution in [1.82, 2.24) is 0 Å². The maximum absolute atomic E-state index is 10.1. The Bertz CT molecular complexity index is 112. The lowest BCUT2D eigenvalue weighted by Gasteiger charge is -2.08. The van der Waals surface area contributed by atoms with Crippen LogP contribution < -0.4 is 5.73 Å². The topological polar surface area (TPSA) is 83.6 Å². The molecule has 4 N–H and O–H groups in total. The summed E-state index contributed by atoms with van der Waals surface area (Å²) in [6.07, 6.45) is 0. The fourth-order valence-electron chi connectivity index (χ4n) is 0.106. The van der Waals surface area contributed by atoms with Gasteiger partial charge < -0.3 is 15.5 Å². The van der Waals surface area contributed by atoms with E-state index in [1.165, 1.54) is 0 Å². The summed E-state index contributed by atoms with van der Waals surface area (Å²) < 4.78 is 10.1. The molecule has 0 radical (unpaired) electrons.